The van der Waals surface area contributed by atoms with Crippen LogP contribution >= 0.6 is 0 Å². The van der Waals surface area contributed by atoms with Gasteiger partial charge in [0.25, 0.3) is 0 Å². The molecule has 1 aromatic rings. The van der Waals surface area contributed by atoms with Gasteiger partial charge in [-0.1, -0.05) is 39.8 Å². The van der Waals surface area contributed by atoms with Crippen molar-refractivity contribution in [1.29, 1.82) is 0 Å². The Hall–Kier alpha value is -0.803. The van der Waals surface area contributed by atoms with E-state index >= 15 is 0 Å². The summed E-state index contributed by atoms with van der Waals surface area (Å²) in [6, 6.07) is 7.78. The molecular formula is C15H26O2Si. The zero-order valence-electron chi connectivity index (χ0n) is 12.4. The molecule has 18 heavy (non-hydrogen) atoms. The largest absolute Gasteiger partial charge is 0.549 e. The molecule has 0 aliphatic heterocycles. The third-order valence-corrected chi connectivity index (χ3v) is 5.77. The Labute approximate surface area is 113 Å². The van der Waals surface area contributed by atoms with Crippen molar-refractivity contribution < 1.29 is 9.53 Å². The standard InChI is InChI=1S/C15H26O2Si/c1-11(2)15(5,6)18-17-13-9-7-12(8-10-13)14(3,4)16/h7-11,16H,18H2,1-6H3. The van der Waals surface area contributed by atoms with Crippen LogP contribution in [0.25, 0.3) is 0 Å². The van der Waals surface area contributed by atoms with E-state index in [0.29, 0.717) is 11.0 Å². The van der Waals surface area contributed by atoms with Crippen LogP contribution in [0, 0.1) is 5.92 Å². The van der Waals surface area contributed by atoms with Gasteiger partial charge in [0.2, 0.25) is 9.76 Å². The van der Waals surface area contributed by atoms with Gasteiger partial charge in [-0.25, -0.2) is 0 Å². The van der Waals surface area contributed by atoms with Crippen molar-refractivity contribution in [2.75, 3.05) is 0 Å². The van der Waals surface area contributed by atoms with Crippen molar-refractivity contribution >= 4 is 9.76 Å². The number of hydrogen-bond acceptors (Lipinski definition) is 2. The average Bonchev–Trinajstić information content (AvgIpc) is 2.25. The Morgan fingerprint density at radius 2 is 1.56 bits per heavy atom. The fraction of sp³-hybridized carbons (Fsp3) is 0.600. The van der Waals surface area contributed by atoms with Gasteiger partial charge < -0.3 is 9.53 Å². The van der Waals surface area contributed by atoms with Crippen LogP contribution in [0.5, 0.6) is 5.75 Å². The lowest BCUT2D eigenvalue weighted by molar-refractivity contribution is 0.0786. The van der Waals surface area contributed by atoms with Crippen molar-refractivity contribution in [2.24, 2.45) is 5.92 Å². The molecule has 0 saturated heterocycles. The number of hydrogen-bond donors (Lipinski definition) is 1. The predicted octanol–water partition coefficient (Wildman–Crippen LogP) is 3.23. The smallest absolute Gasteiger partial charge is 0.225 e. The fourth-order valence-electron chi connectivity index (χ4n) is 1.40. The third kappa shape index (κ3) is 4.14. The van der Waals surface area contributed by atoms with Crippen LogP contribution in [0.2, 0.25) is 5.04 Å². The maximum atomic E-state index is 9.88. The summed E-state index contributed by atoms with van der Waals surface area (Å²) in [6.45, 7) is 12.6. The van der Waals surface area contributed by atoms with E-state index in [1.807, 2.05) is 24.3 Å². The summed E-state index contributed by atoms with van der Waals surface area (Å²) in [4.78, 5) is 0. The zero-order chi connectivity index (χ0) is 14.0. The van der Waals surface area contributed by atoms with Crippen LogP contribution in [0.1, 0.15) is 47.1 Å². The average molecular weight is 266 g/mol. The van der Waals surface area contributed by atoms with Crippen LogP contribution in [0.3, 0.4) is 0 Å². The molecule has 0 aliphatic rings. The quantitative estimate of drug-likeness (QED) is 0.829. The van der Waals surface area contributed by atoms with Gasteiger partial charge >= 0.3 is 0 Å². The van der Waals surface area contributed by atoms with Gasteiger partial charge in [0.15, 0.2) is 0 Å². The van der Waals surface area contributed by atoms with Crippen LogP contribution < -0.4 is 4.43 Å². The fourth-order valence-corrected chi connectivity index (χ4v) is 2.46. The molecule has 0 saturated carbocycles. The lowest BCUT2D eigenvalue weighted by atomic mass is 9.99. The van der Waals surface area contributed by atoms with Crippen LogP contribution in [0.15, 0.2) is 24.3 Å². The molecule has 1 aromatic carbocycles. The van der Waals surface area contributed by atoms with Crippen molar-refractivity contribution in [2.45, 2.75) is 52.2 Å². The first-order chi connectivity index (χ1) is 8.13. The highest BCUT2D eigenvalue weighted by molar-refractivity contribution is 6.33. The normalized spacial score (nSPS) is 13.6. The highest BCUT2D eigenvalue weighted by Crippen LogP contribution is 2.33. The second-order valence-corrected chi connectivity index (χ2v) is 8.92. The minimum atomic E-state index is -0.785. The Kier molecular flexibility index (Phi) is 4.62. The molecule has 0 bridgehead atoms. The van der Waals surface area contributed by atoms with Crippen molar-refractivity contribution in [1.82, 2.24) is 0 Å². The molecule has 0 atom stereocenters. The van der Waals surface area contributed by atoms with E-state index < -0.39 is 15.4 Å². The number of aliphatic hydroxyl groups is 1. The van der Waals surface area contributed by atoms with Crippen molar-refractivity contribution in [3.05, 3.63) is 29.8 Å². The monoisotopic (exact) mass is 266 g/mol. The second-order valence-electron chi connectivity index (χ2n) is 6.52. The summed E-state index contributed by atoms with van der Waals surface area (Å²) >= 11 is 0. The molecule has 0 unspecified atom stereocenters. The summed E-state index contributed by atoms with van der Waals surface area (Å²) in [5.41, 5.74) is 0.132. The summed E-state index contributed by atoms with van der Waals surface area (Å²) < 4.78 is 5.96. The van der Waals surface area contributed by atoms with Gasteiger partial charge in [-0.15, -0.1) is 0 Å². The topological polar surface area (TPSA) is 29.5 Å². The van der Waals surface area contributed by atoms with Gasteiger partial charge in [0.05, 0.1) is 5.60 Å². The molecule has 2 nitrogen and oxygen atoms in total. The molecule has 1 N–H and O–H groups in total. The maximum absolute atomic E-state index is 9.88. The SMILES string of the molecule is CC(C)C(C)(C)[SiH2]Oc1ccc(C(C)(C)O)cc1. The van der Waals surface area contributed by atoms with Crippen molar-refractivity contribution in [3.8, 4) is 5.75 Å². The highest BCUT2D eigenvalue weighted by atomic mass is 28.2. The minimum absolute atomic E-state index is 0.301. The number of rotatable bonds is 5. The molecule has 0 heterocycles. The van der Waals surface area contributed by atoms with Crippen LogP contribution in [-0.2, 0) is 5.60 Å². The van der Waals surface area contributed by atoms with Crippen LogP contribution in [0.4, 0.5) is 0 Å². The first-order valence-electron chi connectivity index (χ1n) is 6.58. The Balaban J connectivity index is 2.65. The second kappa shape index (κ2) is 5.45. The van der Waals surface area contributed by atoms with E-state index in [2.05, 4.69) is 27.7 Å². The molecule has 0 aromatic heterocycles. The Morgan fingerprint density at radius 1 is 1.06 bits per heavy atom. The van der Waals surface area contributed by atoms with E-state index in [4.69, 9.17) is 4.43 Å². The maximum Gasteiger partial charge on any atom is 0.225 e. The molecule has 0 radical (unpaired) electrons. The van der Waals surface area contributed by atoms with E-state index in [0.717, 1.165) is 11.3 Å². The van der Waals surface area contributed by atoms with E-state index in [-0.39, 0.29) is 0 Å². The van der Waals surface area contributed by atoms with Crippen molar-refractivity contribution in [3.63, 3.8) is 0 Å². The molecule has 3 heteroatoms. The lowest BCUT2D eigenvalue weighted by Crippen LogP contribution is -2.24. The first-order valence-corrected chi connectivity index (χ1v) is 7.87. The van der Waals surface area contributed by atoms with Gasteiger partial charge in [-0.3, -0.25) is 0 Å². The highest BCUT2D eigenvalue weighted by Gasteiger charge is 2.24. The Morgan fingerprint density at radius 3 is 1.94 bits per heavy atom. The summed E-state index contributed by atoms with van der Waals surface area (Å²) in [5.74, 6) is 1.56. The Bertz CT molecular complexity index is 374. The molecule has 0 fully saturated rings. The predicted molar refractivity (Wildman–Crippen MR) is 79.7 cm³/mol. The summed E-state index contributed by atoms with van der Waals surface area (Å²) in [5, 5.41) is 10.2. The van der Waals surface area contributed by atoms with Gasteiger partial charge in [0, 0.05) is 0 Å². The van der Waals surface area contributed by atoms with Gasteiger partial charge in [0.1, 0.15) is 5.75 Å². The third-order valence-electron chi connectivity index (χ3n) is 3.73. The molecule has 1 rings (SSSR count). The van der Waals surface area contributed by atoms with E-state index in [9.17, 15) is 5.11 Å². The van der Waals surface area contributed by atoms with E-state index in [1.165, 1.54) is 0 Å². The molecule has 0 spiro atoms. The number of benzene rings is 1. The summed E-state index contributed by atoms with van der Waals surface area (Å²) in [6.07, 6.45) is 0. The zero-order valence-corrected chi connectivity index (χ0v) is 13.9. The molecule has 0 amide bonds. The van der Waals surface area contributed by atoms with E-state index in [1.54, 1.807) is 13.8 Å². The van der Waals surface area contributed by atoms with Gasteiger partial charge in [-0.05, 0) is 42.5 Å². The molecule has 102 valence electrons. The van der Waals surface area contributed by atoms with Crippen LogP contribution in [-0.4, -0.2) is 14.9 Å². The molecular weight excluding hydrogens is 240 g/mol. The lowest BCUT2D eigenvalue weighted by Gasteiger charge is -2.28. The molecule has 0 aliphatic carbocycles. The summed E-state index contributed by atoms with van der Waals surface area (Å²) in [7, 11) is -0.615. The minimum Gasteiger partial charge on any atom is -0.549 e. The van der Waals surface area contributed by atoms with Gasteiger partial charge in [-0.2, -0.15) is 0 Å². The first kappa shape index (κ1) is 15.3.